The van der Waals surface area contributed by atoms with Gasteiger partial charge in [0, 0.05) is 43.0 Å². The minimum Gasteiger partial charge on any atom is -0.299 e. The van der Waals surface area contributed by atoms with Crippen LogP contribution in [0.25, 0.3) is 16.6 Å². The average molecular weight is 326 g/mol. The lowest BCUT2D eigenvalue weighted by Crippen LogP contribution is -2.25. The number of aromatic nitrogens is 3. The highest BCUT2D eigenvalue weighted by Crippen LogP contribution is 2.18. The summed E-state index contributed by atoms with van der Waals surface area (Å²) in [5.41, 5.74) is 1.80. The van der Waals surface area contributed by atoms with Gasteiger partial charge in [-0.3, -0.25) is 18.9 Å². The van der Waals surface area contributed by atoms with Crippen LogP contribution >= 0.6 is 0 Å². The topological polar surface area (TPSA) is 43.1 Å². The smallest absolute Gasteiger partial charge is 0.255 e. The first-order chi connectivity index (χ1) is 11.7. The summed E-state index contributed by atoms with van der Waals surface area (Å²) in [6, 6.07) is 11.0. The highest BCUT2D eigenvalue weighted by molar-refractivity contribution is 5.80. The number of hydrogen-bond acceptors (Lipinski definition) is 3. The second-order valence-electron chi connectivity index (χ2n) is 6.21. The highest BCUT2D eigenvalue weighted by atomic mass is 19.1. The third-order valence-electron chi connectivity index (χ3n) is 4.57. The SMILES string of the molecule is O=c1ccccn1-c1ccc2c(cnn2CCN2CCC(F)C2)c1. The van der Waals surface area contributed by atoms with E-state index >= 15 is 0 Å². The maximum absolute atomic E-state index is 13.2. The lowest BCUT2D eigenvalue weighted by molar-refractivity contribution is 0.277. The summed E-state index contributed by atoms with van der Waals surface area (Å²) >= 11 is 0. The van der Waals surface area contributed by atoms with Gasteiger partial charge in [0.25, 0.3) is 5.56 Å². The fourth-order valence-electron chi connectivity index (χ4n) is 3.27. The number of rotatable bonds is 4. The van der Waals surface area contributed by atoms with Crippen molar-refractivity contribution in [2.24, 2.45) is 0 Å². The molecule has 0 saturated carbocycles. The van der Waals surface area contributed by atoms with Crippen molar-refractivity contribution in [2.75, 3.05) is 19.6 Å². The molecule has 124 valence electrons. The Hall–Kier alpha value is -2.47. The van der Waals surface area contributed by atoms with Gasteiger partial charge >= 0.3 is 0 Å². The zero-order chi connectivity index (χ0) is 16.5. The molecule has 6 heteroatoms. The molecule has 1 fully saturated rings. The van der Waals surface area contributed by atoms with Crippen molar-refractivity contribution in [1.82, 2.24) is 19.2 Å². The summed E-state index contributed by atoms with van der Waals surface area (Å²) in [5.74, 6) is 0. The van der Waals surface area contributed by atoms with Crippen LogP contribution in [0.5, 0.6) is 0 Å². The molecule has 1 aliphatic heterocycles. The van der Waals surface area contributed by atoms with Crippen molar-refractivity contribution in [2.45, 2.75) is 19.1 Å². The van der Waals surface area contributed by atoms with Crippen LogP contribution in [-0.4, -0.2) is 45.1 Å². The molecule has 1 aromatic carbocycles. The molecule has 3 heterocycles. The predicted octanol–water partition coefficient (Wildman–Crippen LogP) is 2.23. The molecule has 0 aliphatic carbocycles. The molecule has 1 unspecified atom stereocenters. The molecule has 0 radical (unpaired) electrons. The van der Waals surface area contributed by atoms with Crippen LogP contribution in [0.3, 0.4) is 0 Å². The molecule has 1 aliphatic rings. The summed E-state index contributed by atoms with van der Waals surface area (Å²) < 4.78 is 16.8. The number of pyridine rings is 1. The van der Waals surface area contributed by atoms with Crippen LogP contribution in [0.1, 0.15) is 6.42 Å². The molecule has 0 amide bonds. The van der Waals surface area contributed by atoms with E-state index in [4.69, 9.17) is 0 Å². The van der Waals surface area contributed by atoms with E-state index in [1.807, 2.05) is 35.1 Å². The van der Waals surface area contributed by atoms with Gasteiger partial charge in [-0.2, -0.15) is 5.10 Å². The molecule has 0 spiro atoms. The second kappa shape index (κ2) is 6.20. The Balaban J connectivity index is 1.57. The first kappa shape index (κ1) is 15.1. The maximum Gasteiger partial charge on any atom is 0.255 e. The number of alkyl halides is 1. The lowest BCUT2D eigenvalue weighted by atomic mass is 10.2. The Morgan fingerprint density at radius 2 is 2.12 bits per heavy atom. The van der Waals surface area contributed by atoms with Crippen LogP contribution in [0.4, 0.5) is 4.39 Å². The summed E-state index contributed by atoms with van der Waals surface area (Å²) in [5, 5.41) is 5.43. The molecule has 5 nitrogen and oxygen atoms in total. The van der Waals surface area contributed by atoms with Crippen LogP contribution in [0, 0.1) is 0 Å². The summed E-state index contributed by atoms with van der Waals surface area (Å²) in [4.78, 5) is 14.1. The van der Waals surface area contributed by atoms with Gasteiger partial charge in [0.1, 0.15) is 6.17 Å². The zero-order valence-electron chi connectivity index (χ0n) is 13.3. The number of hydrogen-bond donors (Lipinski definition) is 0. The second-order valence-corrected chi connectivity index (χ2v) is 6.21. The monoisotopic (exact) mass is 326 g/mol. The van der Waals surface area contributed by atoms with Gasteiger partial charge < -0.3 is 0 Å². The number of likely N-dealkylation sites (tertiary alicyclic amines) is 1. The largest absolute Gasteiger partial charge is 0.299 e. The van der Waals surface area contributed by atoms with Gasteiger partial charge in [-0.15, -0.1) is 0 Å². The van der Waals surface area contributed by atoms with E-state index in [0.29, 0.717) is 13.0 Å². The van der Waals surface area contributed by atoms with E-state index in [9.17, 15) is 9.18 Å². The van der Waals surface area contributed by atoms with Crippen LogP contribution in [0.15, 0.2) is 53.6 Å². The number of halogens is 1. The van der Waals surface area contributed by atoms with Crippen molar-refractivity contribution in [3.05, 3.63) is 59.1 Å². The van der Waals surface area contributed by atoms with E-state index in [1.54, 1.807) is 22.9 Å². The Bertz CT molecular complexity index is 917. The quantitative estimate of drug-likeness (QED) is 0.738. The Labute approximate surface area is 138 Å². The van der Waals surface area contributed by atoms with Gasteiger partial charge in [-0.1, -0.05) is 6.07 Å². The third-order valence-corrected chi connectivity index (χ3v) is 4.57. The Kier molecular flexibility index (Phi) is 3.90. The van der Waals surface area contributed by atoms with Gasteiger partial charge in [0.05, 0.1) is 18.3 Å². The molecular weight excluding hydrogens is 307 g/mol. The van der Waals surface area contributed by atoms with Crippen LogP contribution in [0.2, 0.25) is 0 Å². The fraction of sp³-hybridized carbons (Fsp3) is 0.333. The van der Waals surface area contributed by atoms with E-state index < -0.39 is 6.17 Å². The summed E-state index contributed by atoms with van der Waals surface area (Å²) in [6.07, 6.45) is 3.52. The van der Waals surface area contributed by atoms with E-state index in [0.717, 1.165) is 36.2 Å². The van der Waals surface area contributed by atoms with E-state index in [1.165, 1.54) is 0 Å². The normalized spacial score (nSPS) is 18.5. The summed E-state index contributed by atoms with van der Waals surface area (Å²) in [6.45, 7) is 2.89. The van der Waals surface area contributed by atoms with Crippen molar-refractivity contribution in [3.63, 3.8) is 0 Å². The highest BCUT2D eigenvalue weighted by Gasteiger charge is 2.21. The summed E-state index contributed by atoms with van der Waals surface area (Å²) in [7, 11) is 0. The van der Waals surface area contributed by atoms with Crippen molar-refractivity contribution >= 4 is 10.9 Å². The number of benzene rings is 1. The Morgan fingerprint density at radius 3 is 2.92 bits per heavy atom. The minimum absolute atomic E-state index is 0.0564. The zero-order valence-corrected chi connectivity index (χ0v) is 13.3. The number of nitrogens with zero attached hydrogens (tertiary/aromatic N) is 4. The molecule has 3 aromatic rings. The molecule has 4 rings (SSSR count). The van der Waals surface area contributed by atoms with Crippen LogP contribution in [-0.2, 0) is 6.54 Å². The standard InChI is InChI=1S/C18H19FN4O/c19-15-6-8-21(13-15)9-10-23-17-5-4-16(11-14(17)12-20-23)22-7-2-1-3-18(22)24/h1-5,7,11-12,15H,6,8-10,13H2. The molecule has 1 atom stereocenters. The molecule has 1 saturated heterocycles. The molecule has 0 N–H and O–H groups in total. The van der Waals surface area contributed by atoms with Crippen LogP contribution < -0.4 is 5.56 Å². The third kappa shape index (κ3) is 2.85. The van der Waals surface area contributed by atoms with Crippen molar-refractivity contribution in [1.29, 1.82) is 0 Å². The van der Waals surface area contributed by atoms with Gasteiger partial charge in [0.2, 0.25) is 0 Å². The average Bonchev–Trinajstić information content (AvgIpc) is 3.19. The predicted molar refractivity (Wildman–Crippen MR) is 91.3 cm³/mol. The van der Waals surface area contributed by atoms with Gasteiger partial charge in [-0.05, 0) is 30.7 Å². The van der Waals surface area contributed by atoms with Gasteiger partial charge in [-0.25, -0.2) is 4.39 Å². The maximum atomic E-state index is 13.2. The Morgan fingerprint density at radius 1 is 1.21 bits per heavy atom. The van der Waals surface area contributed by atoms with E-state index in [2.05, 4.69) is 10.00 Å². The van der Waals surface area contributed by atoms with Crippen molar-refractivity contribution < 1.29 is 4.39 Å². The minimum atomic E-state index is -0.689. The molecule has 0 bridgehead atoms. The first-order valence-electron chi connectivity index (χ1n) is 8.21. The van der Waals surface area contributed by atoms with E-state index in [-0.39, 0.29) is 5.56 Å². The number of fused-ring (bicyclic) bond motifs is 1. The van der Waals surface area contributed by atoms with Gasteiger partial charge in [0.15, 0.2) is 0 Å². The lowest BCUT2D eigenvalue weighted by Gasteiger charge is -2.14. The first-order valence-corrected chi connectivity index (χ1v) is 8.21. The molecule has 24 heavy (non-hydrogen) atoms. The van der Waals surface area contributed by atoms with Crippen molar-refractivity contribution in [3.8, 4) is 5.69 Å². The molecule has 2 aromatic heterocycles. The fourth-order valence-corrected chi connectivity index (χ4v) is 3.27. The molecular formula is C18H19FN4O.